The van der Waals surface area contributed by atoms with Crippen molar-refractivity contribution in [1.82, 2.24) is 26.2 Å². The fourth-order valence-electron chi connectivity index (χ4n) is 6.88. The van der Waals surface area contributed by atoms with Crippen LogP contribution in [0.15, 0.2) is 0 Å². The summed E-state index contributed by atoms with van der Waals surface area (Å²) in [6, 6.07) is -4.78. The normalized spacial score (nSPS) is 29.0. The third-order valence-corrected chi connectivity index (χ3v) is 10.1. The molecule has 1 saturated carbocycles. The van der Waals surface area contributed by atoms with Crippen LogP contribution in [0.1, 0.15) is 105 Å². The first-order valence-corrected chi connectivity index (χ1v) is 19.5. The molecule has 9 N–H and O–H groups in total. The molecule has 2 aliphatic rings. The first-order chi connectivity index (χ1) is 24.7. The zero-order valence-corrected chi connectivity index (χ0v) is 32.5. The molecular formula is C37H69N7O8. The molecule has 1 aliphatic carbocycles. The average molecular weight is 740 g/mol. The molecule has 2 rings (SSSR count). The molecule has 8 atom stereocenters. The second-order valence-corrected chi connectivity index (χ2v) is 15.2. The third-order valence-electron chi connectivity index (χ3n) is 10.1. The molecule has 0 radical (unpaired) electrons. The monoisotopic (exact) mass is 740 g/mol. The van der Waals surface area contributed by atoms with Crippen LogP contribution < -0.4 is 32.7 Å². The topological polar surface area (TPSA) is 227 Å². The molecule has 1 heterocycles. The van der Waals surface area contributed by atoms with Crippen LogP contribution in [0.2, 0.25) is 0 Å². The van der Waals surface area contributed by atoms with Crippen molar-refractivity contribution in [2.75, 3.05) is 40.0 Å². The molecular weight excluding hydrogens is 670 g/mol. The Bertz CT molecular complexity index is 1120. The van der Waals surface area contributed by atoms with Gasteiger partial charge in [-0.1, -0.05) is 72.6 Å². The van der Waals surface area contributed by atoms with Gasteiger partial charge >= 0.3 is 0 Å². The maximum Gasteiger partial charge on any atom is 0.245 e. The van der Waals surface area contributed by atoms with Gasteiger partial charge in [0.1, 0.15) is 24.2 Å². The van der Waals surface area contributed by atoms with Gasteiger partial charge in [0.15, 0.2) is 0 Å². The van der Waals surface area contributed by atoms with Gasteiger partial charge in [0, 0.05) is 26.2 Å². The summed E-state index contributed by atoms with van der Waals surface area (Å²) in [6.45, 7) is 8.95. The Kier molecular flexibility index (Phi) is 20.7. The van der Waals surface area contributed by atoms with E-state index in [1.54, 1.807) is 14.0 Å². The quantitative estimate of drug-likeness (QED) is 0.123. The molecule has 300 valence electrons. The minimum atomic E-state index is -1.23. The lowest BCUT2D eigenvalue weighted by molar-refractivity contribution is -0.147. The van der Waals surface area contributed by atoms with Crippen molar-refractivity contribution in [3.05, 3.63) is 0 Å². The summed E-state index contributed by atoms with van der Waals surface area (Å²) < 4.78 is 11.9. The van der Waals surface area contributed by atoms with E-state index in [1.807, 2.05) is 20.8 Å². The van der Waals surface area contributed by atoms with Crippen LogP contribution >= 0.6 is 0 Å². The highest BCUT2D eigenvalue weighted by Gasteiger charge is 2.39. The minimum Gasteiger partial charge on any atom is -0.389 e. The molecule has 0 aromatic rings. The van der Waals surface area contributed by atoms with E-state index < -0.39 is 72.0 Å². The number of amides is 5. The molecule has 15 heteroatoms. The fraction of sp³-hybridized carbons (Fsp3) is 0.865. The maximum absolute atomic E-state index is 14.2. The largest absolute Gasteiger partial charge is 0.389 e. The standard InChI is InChI=1S/C37H69N7O8/c1-7-8-9-13-16-31-25(5)37(50)44(6)30(17-23(2)3)35(48)43-32(26-14-11-10-12-15-26)36(49)41-28(19-39)33(46)42-29(22-51-21-27(45)18-38)34(47)40-24(4)20-52-31/h23-32,45H,7-22,38-39H2,1-6H3,(H,40,47)(H,41,49)(H,42,46)(H,43,48)/t24-,25-,27?,28+,29+,30+,31-,32?/m1/s1. The molecule has 2 fully saturated rings. The van der Waals surface area contributed by atoms with Gasteiger partial charge in [-0.15, -0.1) is 0 Å². The number of unbranched alkanes of at least 4 members (excludes halogenated alkanes) is 3. The lowest BCUT2D eigenvalue weighted by Crippen LogP contribution is -2.62. The van der Waals surface area contributed by atoms with E-state index in [0.717, 1.165) is 44.9 Å². The zero-order valence-electron chi connectivity index (χ0n) is 32.5. The number of ether oxygens (including phenoxy) is 2. The Hall–Kier alpha value is -2.85. The first kappa shape index (κ1) is 45.3. The molecule has 0 aromatic heterocycles. The highest BCUT2D eigenvalue weighted by atomic mass is 16.5. The SMILES string of the molecule is CCCCCC[C@H]1OC[C@@H](C)NC(=O)[C@H](COCC(O)CN)NC(=O)[C@H](CN)NC(=O)C(C2CCCCC2)NC(=O)[C@H](CC(C)C)N(C)C(=O)[C@@H]1C. The number of aliphatic hydroxyl groups excluding tert-OH is 1. The molecule has 1 saturated heterocycles. The van der Waals surface area contributed by atoms with Crippen LogP contribution in [0.3, 0.4) is 0 Å². The van der Waals surface area contributed by atoms with E-state index in [2.05, 4.69) is 28.2 Å². The number of hydrogen-bond acceptors (Lipinski definition) is 10. The Balaban J connectivity index is 2.54. The molecule has 5 amide bonds. The van der Waals surface area contributed by atoms with Crippen molar-refractivity contribution in [3.63, 3.8) is 0 Å². The summed E-state index contributed by atoms with van der Waals surface area (Å²) in [5, 5.41) is 21.1. The van der Waals surface area contributed by atoms with E-state index in [0.29, 0.717) is 25.7 Å². The molecule has 52 heavy (non-hydrogen) atoms. The van der Waals surface area contributed by atoms with E-state index in [1.165, 1.54) is 4.90 Å². The Labute approximate surface area is 310 Å². The number of nitrogens with one attached hydrogen (secondary N) is 4. The number of likely N-dealkylation sites (N-methyl/N-ethyl adjacent to an activating group) is 1. The molecule has 2 unspecified atom stereocenters. The van der Waals surface area contributed by atoms with Gasteiger partial charge in [-0.05, 0) is 44.4 Å². The highest BCUT2D eigenvalue weighted by molar-refractivity contribution is 5.96. The fourth-order valence-corrected chi connectivity index (χ4v) is 6.88. The summed E-state index contributed by atoms with van der Waals surface area (Å²) in [4.78, 5) is 70.9. The lowest BCUT2D eigenvalue weighted by Gasteiger charge is -2.36. The number of carbonyl (C=O) groups excluding carboxylic acids is 5. The zero-order chi connectivity index (χ0) is 38.8. The maximum atomic E-state index is 14.2. The third kappa shape index (κ3) is 14.9. The number of nitrogens with two attached hydrogens (primary N) is 2. The Morgan fingerprint density at radius 3 is 2.15 bits per heavy atom. The number of nitrogens with zero attached hydrogens (tertiary/aromatic N) is 1. The number of rotatable bonds is 14. The highest BCUT2D eigenvalue weighted by Crippen LogP contribution is 2.28. The minimum absolute atomic E-state index is 0.0495. The van der Waals surface area contributed by atoms with Crippen molar-refractivity contribution in [2.45, 2.75) is 148 Å². The van der Waals surface area contributed by atoms with E-state index in [-0.39, 0.29) is 50.7 Å². The van der Waals surface area contributed by atoms with Crippen molar-refractivity contribution in [1.29, 1.82) is 0 Å². The van der Waals surface area contributed by atoms with Crippen molar-refractivity contribution >= 4 is 29.5 Å². The molecule has 0 bridgehead atoms. The smallest absolute Gasteiger partial charge is 0.245 e. The molecule has 15 nitrogen and oxygen atoms in total. The summed E-state index contributed by atoms with van der Waals surface area (Å²) >= 11 is 0. The average Bonchev–Trinajstić information content (AvgIpc) is 3.12. The summed E-state index contributed by atoms with van der Waals surface area (Å²) in [5.41, 5.74) is 11.5. The number of aliphatic hydroxyl groups is 1. The second-order valence-electron chi connectivity index (χ2n) is 15.2. The molecule has 1 aliphatic heterocycles. The summed E-state index contributed by atoms with van der Waals surface area (Å²) in [5.74, 6) is -3.24. The van der Waals surface area contributed by atoms with Crippen LogP contribution in [0.5, 0.6) is 0 Å². The predicted molar refractivity (Wildman–Crippen MR) is 199 cm³/mol. The molecule has 0 spiro atoms. The van der Waals surface area contributed by atoms with Crippen molar-refractivity contribution in [3.8, 4) is 0 Å². The summed E-state index contributed by atoms with van der Waals surface area (Å²) in [6.07, 6.45) is 7.70. The van der Waals surface area contributed by atoms with Gasteiger partial charge in [0.2, 0.25) is 29.5 Å². The van der Waals surface area contributed by atoms with E-state index >= 15 is 0 Å². The van der Waals surface area contributed by atoms with E-state index in [4.69, 9.17) is 20.9 Å². The van der Waals surface area contributed by atoms with Gasteiger partial charge in [0.05, 0.1) is 37.9 Å². The van der Waals surface area contributed by atoms with Crippen LogP contribution in [-0.2, 0) is 33.4 Å². The molecule has 0 aromatic carbocycles. The van der Waals surface area contributed by atoms with Gasteiger partial charge in [-0.25, -0.2) is 0 Å². The van der Waals surface area contributed by atoms with Gasteiger partial charge < -0.3 is 52.2 Å². The van der Waals surface area contributed by atoms with Crippen LogP contribution in [0.4, 0.5) is 0 Å². The first-order valence-electron chi connectivity index (χ1n) is 19.5. The predicted octanol–water partition coefficient (Wildman–Crippen LogP) is 0.699. The van der Waals surface area contributed by atoms with Crippen molar-refractivity contribution < 1.29 is 38.6 Å². The Morgan fingerprint density at radius 2 is 1.54 bits per heavy atom. The van der Waals surface area contributed by atoms with E-state index in [9.17, 15) is 29.1 Å². The number of hydrogen-bond donors (Lipinski definition) is 7. The lowest BCUT2D eigenvalue weighted by atomic mass is 9.83. The van der Waals surface area contributed by atoms with Crippen molar-refractivity contribution in [2.24, 2.45) is 29.2 Å². The second kappa shape index (κ2) is 23.7. The number of carbonyl (C=O) groups is 5. The van der Waals surface area contributed by atoms with Gasteiger partial charge in [-0.2, -0.15) is 0 Å². The van der Waals surface area contributed by atoms with Crippen LogP contribution in [0.25, 0.3) is 0 Å². The van der Waals surface area contributed by atoms with Crippen LogP contribution in [-0.4, -0.2) is 122 Å². The van der Waals surface area contributed by atoms with Gasteiger partial charge in [0.25, 0.3) is 0 Å². The Morgan fingerprint density at radius 1 is 0.885 bits per heavy atom. The summed E-state index contributed by atoms with van der Waals surface area (Å²) in [7, 11) is 1.63. The van der Waals surface area contributed by atoms with Gasteiger partial charge in [-0.3, -0.25) is 24.0 Å². The van der Waals surface area contributed by atoms with Crippen LogP contribution in [0, 0.1) is 17.8 Å².